The Balaban J connectivity index is 0.000000111. The van der Waals surface area contributed by atoms with Gasteiger partial charge in [0.15, 0.2) is 0 Å². The molecule has 4 aromatic carbocycles. The lowest BCUT2D eigenvalue weighted by molar-refractivity contribution is 0.155. The van der Waals surface area contributed by atoms with E-state index in [-0.39, 0.29) is 0 Å². The molecule has 1 N–H and O–H groups in total. The Hall–Kier alpha value is -5.87. The summed E-state index contributed by atoms with van der Waals surface area (Å²) in [5.41, 5.74) is 15.4. The van der Waals surface area contributed by atoms with Gasteiger partial charge in [0.25, 0.3) is 0 Å². The number of rotatable bonds is 7. The summed E-state index contributed by atoms with van der Waals surface area (Å²) < 4.78 is 11.6. The van der Waals surface area contributed by atoms with Crippen LogP contribution in [0.4, 0.5) is 0 Å². The molecule has 0 fully saturated rings. The average Bonchev–Trinajstić information content (AvgIpc) is 1.66. The zero-order valence-corrected chi connectivity index (χ0v) is 58.3. The molecule has 466 valence electrons. The summed E-state index contributed by atoms with van der Waals surface area (Å²) in [7, 11) is 8.67. The first kappa shape index (κ1) is 63.9. The van der Waals surface area contributed by atoms with E-state index in [0.717, 1.165) is 111 Å². The second-order valence-corrected chi connectivity index (χ2v) is 30.8. The zero-order chi connectivity index (χ0) is 63.0. The molecule has 0 saturated heterocycles. The van der Waals surface area contributed by atoms with Gasteiger partial charge in [-0.1, -0.05) is 156 Å². The second-order valence-electron chi connectivity index (χ2n) is 24.1. The van der Waals surface area contributed by atoms with Crippen molar-refractivity contribution in [2.45, 2.75) is 70.9 Å². The van der Waals surface area contributed by atoms with Crippen LogP contribution >= 0.6 is 103 Å². The molecule has 2 atom stereocenters. The Labute approximate surface area is 573 Å². The van der Waals surface area contributed by atoms with Crippen LogP contribution in [0.25, 0.3) is 65.4 Å². The maximum absolute atomic E-state index is 10.8. The molecule has 91 heavy (non-hydrogen) atoms. The predicted octanol–water partition coefficient (Wildman–Crippen LogP) is 19.4. The van der Waals surface area contributed by atoms with Gasteiger partial charge in [0.1, 0.15) is 19.3 Å². The highest BCUT2D eigenvalue weighted by atomic mass is 35.5. The fourth-order valence-corrected chi connectivity index (χ4v) is 18.6. The third kappa shape index (κ3) is 13.8. The highest BCUT2D eigenvalue weighted by molar-refractivity contribution is 7.23. The molecule has 0 radical (unpaired) electrons. The largest absolute Gasteiger partial charge is 0.387 e. The summed E-state index contributed by atoms with van der Waals surface area (Å²) in [6.07, 6.45) is 11.3. The van der Waals surface area contributed by atoms with Crippen molar-refractivity contribution in [3.8, 4) is 12.0 Å². The van der Waals surface area contributed by atoms with Crippen molar-refractivity contribution in [2.75, 3.05) is 54.4 Å². The first-order valence-electron chi connectivity index (χ1n) is 30.5. The van der Waals surface area contributed by atoms with Crippen LogP contribution in [0, 0.1) is 12.0 Å². The number of thiophene rings is 4. The maximum Gasteiger partial charge on any atom is 0.116 e. The molecule has 9 nitrogen and oxygen atoms in total. The van der Waals surface area contributed by atoms with Crippen LogP contribution in [-0.2, 0) is 52.0 Å². The SMILES string of the molecule is CC1CN(C)Cc2c1n(CC(O)c1cccc(Cl)c1)c1scc(Cl)c21.CN1CCc2c(c3cc(Cl)sc3n2/C=C/c2ccccc2)C1.CN1CCc2c(c3cc(Cl)sc3n2/C=C\c2ccccc2)C1.CN1CCc2c(c3cc(Cl)sc3n2C#Cc2ccccc2)C1. The highest BCUT2D eigenvalue weighted by Crippen LogP contribution is 2.45. The van der Waals surface area contributed by atoms with Crippen molar-refractivity contribution in [3.05, 3.63) is 229 Å². The fourth-order valence-electron chi connectivity index (χ4n) is 13.3. The van der Waals surface area contributed by atoms with Crippen molar-refractivity contribution >= 4 is 169 Å². The van der Waals surface area contributed by atoms with Gasteiger partial charge in [-0.25, -0.2) is 0 Å². The van der Waals surface area contributed by atoms with Crippen molar-refractivity contribution in [1.29, 1.82) is 0 Å². The van der Waals surface area contributed by atoms with Gasteiger partial charge in [-0.3, -0.25) is 4.57 Å². The number of halogens is 5. The molecule has 0 bridgehead atoms. The summed E-state index contributed by atoms with van der Waals surface area (Å²) in [6.45, 7) is 10.9. The van der Waals surface area contributed by atoms with Crippen LogP contribution in [-0.4, -0.2) is 97.3 Å². The molecule has 2 unspecified atom stereocenters. The van der Waals surface area contributed by atoms with E-state index in [2.05, 4.69) is 176 Å². The fraction of sp³-hybridized carbons (Fsp3) is 0.260. The minimum absolute atomic E-state index is 0.399. The molecule has 4 aliphatic rings. The minimum Gasteiger partial charge on any atom is -0.387 e. The number of nitrogens with zero attached hydrogens (tertiary/aromatic N) is 8. The van der Waals surface area contributed by atoms with Crippen molar-refractivity contribution in [1.82, 2.24) is 37.9 Å². The van der Waals surface area contributed by atoms with Crippen LogP contribution in [0.15, 0.2) is 139 Å². The van der Waals surface area contributed by atoms with E-state index in [0.29, 0.717) is 17.5 Å². The molecular weight excluding hydrogens is 1310 g/mol. The number of likely N-dealkylation sites (N-methyl/N-ethyl adjacent to an activating group) is 4. The van der Waals surface area contributed by atoms with Crippen LogP contribution in [0.3, 0.4) is 0 Å². The summed E-state index contributed by atoms with van der Waals surface area (Å²) in [5, 5.41) is 19.3. The third-order valence-electron chi connectivity index (χ3n) is 17.5. The first-order chi connectivity index (χ1) is 44.1. The van der Waals surface area contributed by atoms with E-state index in [4.69, 9.17) is 58.0 Å². The number of aliphatic hydroxyl groups is 1. The Morgan fingerprint density at radius 2 is 1.03 bits per heavy atom. The number of aliphatic hydroxyl groups excluding tert-OH is 1. The number of hydrogen-bond donors (Lipinski definition) is 1. The normalized spacial score (nSPS) is 16.5. The molecule has 0 aliphatic carbocycles. The van der Waals surface area contributed by atoms with Gasteiger partial charge in [-0.15, -0.1) is 45.3 Å². The third-order valence-corrected chi connectivity index (χ3v) is 22.9. The molecule has 16 rings (SSSR count). The molecule has 0 saturated carbocycles. The summed E-state index contributed by atoms with van der Waals surface area (Å²) in [6, 6.07) is 48.1. The van der Waals surface area contributed by atoms with Crippen LogP contribution in [0.5, 0.6) is 0 Å². The number of fused-ring (bicyclic) bond motifs is 12. The zero-order valence-electron chi connectivity index (χ0n) is 51.3. The van der Waals surface area contributed by atoms with Gasteiger partial charge < -0.3 is 38.4 Å². The van der Waals surface area contributed by atoms with Crippen LogP contribution < -0.4 is 0 Å². The molecule has 0 amide bonds. The maximum atomic E-state index is 10.8. The van der Waals surface area contributed by atoms with Gasteiger partial charge in [0.05, 0.1) is 30.7 Å². The summed E-state index contributed by atoms with van der Waals surface area (Å²) in [4.78, 5) is 14.3. The first-order valence-corrected chi connectivity index (χ1v) is 35.8. The van der Waals surface area contributed by atoms with Gasteiger partial charge >= 0.3 is 0 Å². The van der Waals surface area contributed by atoms with Gasteiger partial charge in [-0.2, -0.15) is 0 Å². The smallest absolute Gasteiger partial charge is 0.116 e. The van der Waals surface area contributed by atoms with E-state index >= 15 is 0 Å². The average molecular weight is 1380 g/mol. The molecule has 8 aromatic heterocycles. The molecule has 12 heterocycles. The monoisotopic (exact) mass is 1380 g/mol. The van der Waals surface area contributed by atoms with E-state index in [1.54, 1.807) is 45.3 Å². The summed E-state index contributed by atoms with van der Waals surface area (Å²) >= 11 is 37.9. The molecule has 0 spiro atoms. The van der Waals surface area contributed by atoms with Crippen LogP contribution in [0.2, 0.25) is 23.1 Å². The molecule has 18 heteroatoms. The Morgan fingerprint density at radius 1 is 0.549 bits per heavy atom. The lowest BCUT2D eigenvalue weighted by Gasteiger charge is -2.30. The van der Waals surface area contributed by atoms with E-state index in [1.165, 1.54) is 86.8 Å². The van der Waals surface area contributed by atoms with Crippen molar-refractivity contribution < 1.29 is 5.11 Å². The number of hydrogen-bond acceptors (Lipinski definition) is 9. The van der Waals surface area contributed by atoms with E-state index in [1.807, 2.05) is 72.1 Å². The Morgan fingerprint density at radius 3 is 1.57 bits per heavy atom. The predicted molar refractivity (Wildman–Crippen MR) is 393 cm³/mol. The van der Waals surface area contributed by atoms with E-state index in [9.17, 15) is 5.11 Å². The highest BCUT2D eigenvalue weighted by Gasteiger charge is 2.31. The topological polar surface area (TPSA) is 52.9 Å². The molecular formula is C73H69Cl5N8OS4. The Bertz CT molecular complexity index is 4560. The lowest BCUT2D eigenvalue weighted by Crippen LogP contribution is -2.30. The van der Waals surface area contributed by atoms with Gasteiger partial charge in [-0.05, 0) is 128 Å². The Kier molecular flexibility index (Phi) is 19.6. The number of benzene rings is 4. The second kappa shape index (κ2) is 28.0. The summed E-state index contributed by atoms with van der Waals surface area (Å²) in [5.74, 6) is 3.67. The van der Waals surface area contributed by atoms with Gasteiger partial charge in [0.2, 0.25) is 0 Å². The van der Waals surface area contributed by atoms with Crippen LogP contribution in [0.1, 0.15) is 86.2 Å². The van der Waals surface area contributed by atoms with Gasteiger partial charge in [0, 0.05) is 156 Å². The van der Waals surface area contributed by atoms with E-state index < -0.39 is 6.10 Å². The standard InChI is InChI=1S/C19H20Cl2N2OS.2C18H17ClN2S.C18H15ClN2S/c1-11-7-22(2)8-14-17-15(21)10-25-19(17)23(18(11)14)9-16(24)12-4-3-5-13(20)6-12;3*1-20-9-8-16-15(12-20)14-11-17(19)22-18(14)21(16)10-7-13-5-3-2-4-6-13/h3-6,10-11,16,24H,7-9H2,1-2H3;2*2-7,10-11H,8-9,12H2,1H3;2-6,11H,8-9,12H2,1H3/b;10-7+;10-7-;. The molecule has 4 aliphatic heterocycles. The van der Waals surface area contributed by atoms with Crippen molar-refractivity contribution in [2.24, 2.45) is 0 Å². The lowest BCUT2D eigenvalue weighted by atomic mass is 9.97. The van der Waals surface area contributed by atoms with Crippen molar-refractivity contribution in [3.63, 3.8) is 0 Å². The minimum atomic E-state index is -0.605. The number of aromatic nitrogens is 4. The quantitative estimate of drug-likeness (QED) is 0.161. The molecule has 12 aromatic rings.